The third kappa shape index (κ3) is 3.04. The van der Waals surface area contributed by atoms with E-state index < -0.39 is 12.1 Å². The average molecular weight is 333 g/mol. The van der Waals surface area contributed by atoms with Gasteiger partial charge in [0.1, 0.15) is 6.04 Å². The molecule has 0 saturated carbocycles. The van der Waals surface area contributed by atoms with E-state index in [1.165, 1.54) is 11.1 Å². The van der Waals surface area contributed by atoms with E-state index in [0.717, 1.165) is 11.1 Å². The summed E-state index contributed by atoms with van der Waals surface area (Å²) in [4.78, 5) is 18.1. The predicted octanol–water partition coefficient (Wildman–Crippen LogP) is 2.61. The Kier molecular flexibility index (Phi) is 4.92. The van der Waals surface area contributed by atoms with Crippen molar-refractivity contribution in [3.8, 4) is 6.07 Å². The van der Waals surface area contributed by atoms with Crippen molar-refractivity contribution in [2.45, 2.75) is 24.9 Å². The number of rotatable bonds is 4. The molecule has 0 bridgehead atoms. The van der Waals surface area contributed by atoms with E-state index in [1.807, 2.05) is 43.3 Å². The van der Waals surface area contributed by atoms with Crippen molar-refractivity contribution in [2.75, 3.05) is 6.61 Å². The van der Waals surface area contributed by atoms with Crippen molar-refractivity contribution >= 4 is 12.0 Å². The van der Waals surface area contributed by atoms with E-state index in [-0.39, 0.29) is 18.4 Å². The molecule has 126 valence electrons. The number of aromatic nitrogens is 1. The Morgan fingerprint density at radius 3 is 2.68 bits per heavy atom. The lowest BCUT2D eigenvalue weighted by molar-refractivity contribution is -0.00588. The van der Waals surface area contributed by atoms with Gasteiger partial charge in [0, 0.05) is 18.3 Å². The predicted molar refractivity (Wildman–Crippen MR) is 94.6 cm³/mol. The largest absolute Gasteiger partial charge is 0.394 e. The maximum absolute atomic E-state index is 12.7. The summed E-state index contributed by atoms with van der Waals surface area (Å²) in [5.74, 6) is -0.476. The van der Waals surface area contributed by atoms with Gasteiger partial charge in [-0.1, -0.05) is 36.4 Å². The molecule has 1 aromatic heterocycles. The lowest BCUT2D eigenvalue weighted by Crippen LogP contribution is -2.65. The van der Waals surface area contributed by atoms with Gasteiger partial charge in [0.2, 0.25) is 0 Å². The highest BCUT2D eigenvalue weighted by Crippen LogP contribution is 2.41. The normalized spacial score (nSPS) is 22.4. The first-order valence-corrected chi connectivity index (χ1v) is 8.17. The maximum atomic E-state index is 12.7. The highest BCUT2D eigenvalue weighted by molar-refractivity contribution is 5.95. The Balaban J connectivity index is 1.87. The van der Waals surface area contributed by atoms with Crippen LogP contribution in [-0.4, -0.2) is 39.6 Å². The summed E-state index contributed by atoms with van der Waals surface area (Å²) in [5, 5.41) is 19.4. The van der Waals surface area contributed by atoms with Gasteiger partial charge in [-0.15, -0.1) is 0 Å². The summed E-state index contributed by atoms with van der Waals surface area (Å²) in [5.41, 5.74) is 2.44. The lowest BCUT2D eigenvalue weighted by atomic mass is 9.75. The lowest BCUT2D eigenvalue weighted by Gasteiger charge is -2.51. The van der Waals surface area contributed by atoms with E-state index in [0.29, 0.717) is 5.56 Å². The first kappa shape index (κ1) is 16.9. The standard InChI is InChI=1S/C20H19N3O2/c1-2-4-14-6-8-15(9-7-14)19-17(11-21)23(18(19)13-24)20(25)16-5-3-10-22-12-16/h2-10,12,17-19,24H,13H2,1H3/b4-2+/t17-,18-,19+/m1/s1. The van der Waals surface area contributed by atoms with Crippen LogP contribution in [0.5, 0.6) is 0 Å². The summed E-state index contributed by atoms with van der Waals surface area (Å²) in [6, 6.07) is 12.4. The molecule has 3 atom stereocenters. The molecule has 0 unspecified atom stereocenters. The zero-order valence-corrected chi connectivity index (χ0v) is 13.9. The second-order valence-electron chi connectivity index (χ2n) is 5.97. The number of pyridine rings is 1. The number of carbonyl (C=O) groups is 1. The minimum absolute atomic E-state index is 0.189. The summed E-state index contributed by atoms with van der Waals surface area (Å²) >= 11 is 0. The topological polar surface area (TPSA) is 77.2 Å². The molecule has 0 aliphatic carbocycles. The van der Waals surface area contributed by atoms with Crippen molar-refractivity contribution in [1.29, 1.82) is 5.26 Å². The molecule has 1 aliphatic rings. The second-order valence-corrected chi connectivity index (χ2v) is 5.97. The Morgan fingerprint density at radius 2 is 2.12 bits per heavy atom. The Hall–Kier alpha value is -2.97. The number of aliphatic hydroxyl groups is 1. The third-order valence-electron chi connectivity index (χ3n) is 4.55. The molecule has 1 fully saturated rings. The van der Waals surface area contributed by atoms with Crippen molar-refractivity contribution in [2.24, 2.45) is 0 Å². The fourth-order valence-corrected chi connectivity index (χ4v) is 3.35. The van der Waals surface area contributed by atoms with Gasteiger partial charge in [0.05, 0.1) is 24.3 Å². The van der Waals surface area contributed by atoms with Crippen molar-refractivity contribution in [1.82, 2.24) is 9.88 Å². The number of likely N-dealkylation sites (tertiary alicyclic amines) is 1. The molecule has 2 heterocycles. The van der Waals surface area contributed by atoms with Crippen molar-refractivity contribution < 1.29 is 9.90 Å². The summed E-state index contributed by atoms with van der Waals surface area (Å²) in [7, 11) is 0. The molecule has 1 aromatic carbocycles. The molecule has 1 N–H and O–H groups in total. The molecule has 2 aromatic rings. The molecule has 0 spiro atoms. The highest BCUT2D eigenvalue weighted by atomic mass is 16.3. The highest BCUT2D eigenvalue weighted by Gasteiger charge is 2.51. The van der Waals surface area contributed by atoms with E-state index in [4.69, 9.17) is 0 Å². The number of allylic oxidation sites excluding steroid dienone is 1. The zero-order valence-electron chi connectivity index (χ0n) is 13.9. The van der Waals surface area contributed by atoms with Crippen LogP contribution in [-0.2, 0) is 0 Å². The fraction of sp³-hybridized carbons (Fsp3) is 0.250. The molecule has 3 rings (SSSR count). The van der Waals surface area contributed by atoms with Crippen LogP contribution >= 0.6 is 0 Å². The molecule has 1 amide bonds. The van der Waals surface area contributed by atoms with Gasteiger partial charge < -0.3 is 10.0 Å². The quantitative estimate of drug-likeness (QED) is 0.933. The number of nitriles is 1. The second kappa shape index (κ2) is 7.29. The Morgan fingerprint density at radius 1 is 1.36 bits per heavy atom. The maximum Gasteiger partial charge on any atom is 0.256 e. The minimum Gasteiger partial charge on any atom is -0.394 e. The van der Waals surface area contributed by atoms with E-state index in [2.05, 4.69) is 11.1 Å². The smallest absolute Gasteiger partial charge is 0.256 e. The van der Waals surface area contributed by atoms with Gasteiger partial charge in [-0.25, -0.2) is 0 Å². The molecule has 1 aliphatic heterocycles. The summed E-state index contributed by atoms with van der Waals surface area (Å²) < 4.78 is 0. The number of carbonyl (C=O) groups excluding carboxylic acids is 1. The monoisotopic (exact) mass is 333 g/mol. The summed E-state index contributed by atoms with van der Waals surface area (Å²) in [6.07, 6.45) is 7.02. The summed E-state index contributed by atoms with van der Waals surface area (Å²) in [6.45, 7) is 1.76. The van der Waals surface area contributed by atoms with Gasteiger partial charge in [-0.05, 0) is 30.2 Å². The van der Waals surface area contributed by atoms with Crippen LogP contribution in [0.4, 0.5) is 0 Å². The van der Waals surface area contributed by atoms with Gasteiger partial charge in [-0.2, -0.15) is 5.26 Å². The van der Waals surface area contributed by atoms with Crippen LogP contribution in [0.3, 0.4) is 0 Å². The average Bonchev–Trinajstić information content (AvgIpc) is 2.64. The number of nitrogens with zero attached hydrogens (tertiary/aromatic N) is 3. The first-order chi connectivity index (χ1) is 12.2. The molecule has 1 saturated heterocycles. The van der Waals surface area contributed by atoms with Gasteiger partial charge in [0.25, 0.3) is 5.91 Å². The molecule has 25 heavy (non-hydrogen) atoms. The van der Waals surface area contributed by atoms with Crippen LogP contribution in [0.1, 0.15) is 34.3 Å². The Bertz CT molecular complexity index is 809. The van der Waals surface area contributed by atoms with Crippen molar-refractivity contribution in [3.63, 3.8) is 0 Å². The van der Waals surface area contributed by atoms with Crippen LogP contribution < -0.4 is 0 Å². The number of amides is 1. The number of hydrogen-bond acceptors (Lipinski definition) is 4. The SMILES string of the molecule is C/C=C/c1ccc([C@H]2[C@@H](C#N)N(C(=O)c3cccnc3)[C@@H]2CO)cc1. The van der Waals surface area contributed by atoms with Crippen LogP contribution in [0.15, 0.2) is 54.9 Å². The fourth-order valence-electron chi connectivity index (χ4n) is 3.35. The number of benzene rings is 1. The van der Waals surface area contributed by atoms with E-state index in [1.54, 1.807) is 18.3 Å². The van der Waals surface area contributed by atoms with E-state index in [9.17, 15) is 15.2 Å². The van der Waals surface area contributed by atoms with Crippen LogP contribution in [0, 0.1) is 11.3 Å². The molecule has 5 heteroatoms. The van der Waals surface area contributed by atoms with Crippen LogP contribution in [0.2, 0.25) is 0 Å². The molecule has 5 nitrogen and oxygen atoms in total. The number of hydrogen-bond donors (Lipinski definition) is 1. The first-order valence-electron chi connectivity index (χ1n) is 8.17. The van der Waals surface area contributed by atoms with Crippen LogP contribution in [0.25, 0.3) is 6.08 Å². The Labute approximate surface area is 146 Å². The van der Waals surface area contributed by atoms with Crippen molar-refractivity contribution in [3.05, 3.63) is 71.6 Å². The van der Waals surface area contributed by atoms with Gasteiger partial charge >= 0.3 is 0 Å². The van der Waals surface area contributed by atoms with Gasteiger partial charge in [-0.3, -0.25) is 9.78 Å². The zero-order chi connectivity index (χ0) is 17.8. The third-order valence-corrected chi connectivity index (χ3v) is 4.55. The van der Waals surface area contributed by atoms with E-state index >= 15 is 0 Å². The molecular formula is C20H19N3O2. The number of aliphatic hydroxyl groups excluding tert-OH is 1. The van der Waals surface area contributed by atoms with Gasteiger partial charge in [0.15, 0.2) is 0 Å². The minimum atomic E-state index is -0.600. The molecule has 0 radical (unpaired) electrons. The molecular weight excluding hydrogens is 314 g/mol.